The summed E-state index contributed by atoms with van der Waals surface area (Å²) in [6, 6.07) is 13.0. The molecule has 0 aliphatic rings. The normalized spacial score (nSPS) is 10.1. The maximum Gasteiger partial charge on any atom is 0.255 e. The van der Waals surface area contributed by atoms with Crippen molar-refractivity contribution >= 4 is 34.2 Å². The minimum Gasteiger partial charge on any atom is -0.496 e. The fraction of sp³-hybridized carbons (Fsp3) is 0.133. The first-order valence-corrected chi connectivity index (χ1v) is 6.89. The average Bonchev–Trinajstić information content (AvgIpc) is 2.39. The van der Waals surface area contributed by atoms with Crippen LogP contribution >= 0.6 is 22.6 Å². The first-order valence-electron chi connectivity index (χ1n) is 5.81. The summed E-state index contributed by atoms with van der Waals surface area (Å²) in [5, 5.41) is 2.88. The zero-order chi connectivity index (χ0) is 13.8. The zero-order valence-corrected chi connectivity index (χ0v) is 12.9. The maximum absolute atomic E-state index is 12.1. The largest absolute Gasteiger partial charge is 0.496 e. The van der Waals surface area contributed by atoms with E-state index in [-0.39, 0.29) is 5.91 Å². The van der Waals surface area contributed by atoms with Crippen molar-refractivity contribution in [2.45, 2.75) is 6.92 Å². The van der Waals surface area contributed by atoms with Crippen molar-refractivity contribution in [3.8, 4) is 5.75 Å². The number of hydrogen-bond donors (Lipinski definition) is 1. The van der Waals surface area contributed by atoms with Crippen LogP contribution in [0, 0.1) is 10.5 Å². The van der Waals surface area contributed by atoms with Crippen LogP contribution in [-0.2, 0) is 0 Å². The number of benzene rings is 2. The number of hydrogen-bond acceptors (Lipinski definition) is 2. The van der Waals surface area contributed by atoms with E-state index in [1.807, 2.05) is 43.3 Å². The number of nitrogens with one attached hydrogen (secondary N) is 1. The smallest absolute Gasteiger partial charge is 0.255 e. The molecule has 0 aliphatic carbocycles. The lowest BCUT2D eigenvalue weighted by molar-refractivity contribution is 0.102. The van der Waals surface area contributed by atoms with Crippen molar-refractivity contribution in [1.82, 2.24) is 0 Å². The van der Waals surface area contributed by atoms with Gasteiger partial charge in [-0.25, -0.2) is 0 Å². The molecule has 4 heteroatoms. The van der Waals surface area contributed by atoms with E-state index in [0.717, 1.165) is 20.6 Å². The average molecular weight is 367 g/mol. The molecule has 2 aromatic rings. The highest BCUT2D eigenvalue weighted by Crippen LogP contribution is 2.22. The van der Waals surface area contributed by atoms with Gasteiger partial charge in [0.25, 0.3) is 5.91 Å². The van der Waals surface area contributed by atoms with Crippen LogP contribution < -0.4 is 10.1 Å². The summed E-state index contributed by atoms with van der Waals surface area (Å²) >= 11 is 2.19. The van der Waals surface area contributed by atoms with Crippen LogP contribution in [0.25, 0.3) is 0 Å². The quantitative estimate of drug-likeness (QED) is 0.837. The van der Waals surface area contributed by atoms with Crippen LogP contribution in [-0.4, -0.2) is 13.0 Å². The van der Waals surface area contributed by atoms with E-state index in [9.17, 15) is 4.79 Å². The van der Waals surface area contributed by atoms with E-state index in [0.29, 0.717) is 5.56 Å². The molecule has 19 heavy (non-hydrogen) atoms. The van der Waals surface area contributed by atoms with Crippen molar-refractivity contribution in [1.29, 1.82) is 0 Å². The third kappa shape index (κ3) is 3.47. The lowest BCUT2D eigenvalue weighted by Gasteiger charge is -2.09. The molecule has 98 valence electrons. The molecular formula is C15H14INO2. The Balaban J connectivity index is 2.17. The molecule has 0 aromatic heterocycles. The van der Waals surface area contributed by atoms with Crippen LogP contribution in [0.2, 0.25) is 0 Å². The van der Waals surface area contributed by atoms with Gasteiger partial charge < -0.3 is 10.1 Å². The minimum atomic E-state index is -0.108. The van der Waals surface area contributed by atoms with Gasteiger partial charge in [0.1, 0.15) is 5.75 Å². The summed E-state index contributed by atoms with van der Waals surface area (Å²) in [4.78, 5) is 12.1. The first-order chi connectivity index (χ1) is 9.10. The first kappa shape index (κ1) is 13.9. The third-order valence-electron chi connectivity index (χ3n) is 2.74. The number of halogens is 1. The number of carbonyl (C=O) groups is 1. The Kier molecular flexibility index (Phi) is 4.42. The molecule has 0 aliphatic heterocycles. The fourth-order valence-electron chi connectivity index (χ4n) is 1.79. The molecule has 0 saturated carbocycles. The van der Waals surface area contributed by atoms with Gasteiger partial charge in [-0.3, -0.25) is 4.79 Å². The Morgan fingerprint density at radius 2 is 2.00 bits per heavy atom. The molecule has 1 amide bonds. The van der Waals surface area contributed by atoms with Crippen molar-refractivity contribution in [2.75, 3.05) is 12.4 Å². The van der Waals surface area contributed by atoms with Crippen LogP contribution in [0.1, 0.15) is 15.9 Å². The van der Waals surface area contributed by atoms with Crippen molar-refractivity contribution in [2.24, 2.45) is 0 Å². The van der Waals surface area contributed by atoms with Gasteiger partial charge in [-0.2, -0.15) is 0 Å². The molecule has 0 unspecified atom stereocenters. The predicted molar refractivity (Wildman–Crippen MR) is 84.8 cm³/mol. The summed E-state index contributed by atoms with van der Waals surface area (Å²) in [5.74, 6) is 0.704. The zero-order valence-electron chi connectivity index (χ0n) is 10.7. The Bertz CT molecular complexity index is 611. The molecular weight excluding hydrogens is 353 g/mol. The lowest BCUT2D eigenvalue weighted by Crippen LogP contribution is -2.12. The second-order valence-electron chi connectivity index (χ2n) is 4.15. The van der Waals surface area contributed by atoms with Crippen molar-refractivity contribution in [3.63, 3.8) is 0 Å². The van der Waals surface area contributed by atoms with Gasteiger partial charge in [-0.15, -0.1) is 0 Å². The van der Waals surface area contributed by atoms with Gasteiger partial charge in [0.15, 0.2) is 0 Å². The highest BCUT2D eigenvalue weighted by molar-refractivity contribution is 14.1. The number of anilines is 1. The molecule has 0 saturated heterocycles. The topological polar surface area (TPSA) is 38.3 Å². The highest BCUT2D eigenvalue weighted by Gasteiger charge is 2.07. The van der Waals surface area contributed by atoms with E-state index in [1.165, 1.54) is 0 Å². The van der Waals surface area contributed by atoms with Gasteiger partial charge in [0, 0.05) is 14.8 Å². The van der Waals surface area contributed by atoms with Crippen LogP contribution in [0.15, 0.2) is 42.5 Å². The van der Waals surface area contributed by atoms with Crippen LogP contribution in [0.3, 0.4) is 0 Å². The number of ether oxygens (including phenoxy) is 1. The molecule has 2 rings (SSSR count). The molecule has 3 nitrogen and oxygen atoms in total. The fourth-order valence-corrected chi connectivity index (χ4v) is 2.33. The number of aryl methyl sites for hydroxylation is 1. The molecule has 2 aromatic carbocycles. The monoisotopic (exact) mass is 367 g/mol. The van der Waals surface area contributed by atoms with E-state index in [1.54, 1.807) is 13.2 Å². The van der Waals surface area contributed by atoms with E-state index in [2.05, 4.69) is 27.9 Å². The van der Waals surface area contributed by atoms with E-state index >= 15 is 0 Å². The van der Waals surface area contributed by atoms with Gasteiger partial charge in [-0.1, -0.05) is 6.07 Å². The van der Waals surface area contributed by atoms with Crippen LogP contribution in [0.4, 0.5) is 5.69 Å². The van der Waals surface area contributed by atoms with Gasteiger partial charge in [-0.05, 0) is 71.5 Å². The van der Waals surface area contributed by atoms with E-state index in [4.69, 9.17) is 4.74 Å². The second kappa shape index (κ2) is 6.06. The lowest BCUT2D eigenvalue weighted by atomic mass is 10.1. The molecule has 0 atom stereocenters. The summed E-state index contributed by atoms with van der Waals surface area (Å²) in [7, 11) is 1.63. The number of carbonyl (C=O) groups excluding carboxylic acids is 1. The molecule has 0 bridgehead atoms. The molecule has 0 radical (unpaired) electrons. The Hall–Kier alpha value is -1.56. The molecule has 0 heterocycles. The summed E-state index contributed by atoms with van der Waals surface area (Å²) in [5.41, 5.74) is 2.41. The number of methoxy groups -OCH3 is 1. The molecule has 1 N–H and O–H groups in total. The standard InChI is InChI=1S/C15H14INO2/c1-10-8-13(6-7-14(10)19-2)17-15(18)11-4-3-5-12(16)9-11/h3-9H,1-2H3,(H,17,18). The maximum atomic E-state index is 12.1. The molecule has 0 spiro atoms. The van der Waals surface area contributed by atoms with Gasteiger partial charge >= 0.3 is 0 Å². The minimum absolute atomic E-state index is 0.108. The Morgan fingerprint density at radius 3 is 2.63 bits per heavy atom. The van der Waals surface area contributed by atoms with Crippen molar-refractivity contribution < 1.29 is 9.53 Å². The summed E-state index contributed by atoms with van der Waals surface area (Å²) in [6.45, 7) is 1.94. The molecule has 0 fully saturated rings. The Morgan fingerprint density at radius 1 is 1.21 bits per heavy atom. The van der Waals surface area contributed by atoms with Crippen molar-refractivity contribution in [3.05, 3.63) is 57.2 Å². The van der Waals surface area contributed by atoms with Gasteiger partial charge in [0.05, 0.1) is 7.11 Å². The summed E-state index contributed by atoms with van der Waals surface area (Å²) in [6.07, 6.45) is 0. The number of amides is 1. The SMILES string of the molecule is COc1ccc(NC(=O)c2cccc(I)c2)cc1C. The highest BCUT2D eigenvalue weighted by atomic mass is 127. The summed E-state index contributed by atoms with van der Waals surface area (Å²) < 4.78 is 6.23. The second-order valence-corrected chi connectivity index (χ2v) is 5.39. The third-order valence-corrected chi connectivity index (χ3v) is 3.41. The number of rotatable bonds is 3. The van der Waals surface area contributed by atoms with Crippen LogP contribution in [0.5, 0.6) is 5.75 Å². The van der Waals surface area contributed by atoms with Gasteiger partial charge in [0.2, 0.25) is 0 Å². The predicted octanol–water partition coefficient (Wildman–Crippen LogP) is 3.86. The van der Waals surface area contributed by atoms with E-state index < -0.39 is 0 Å². The Labute approximate surface area is 126 Å².